The molecular formula is C47H84NO8P. The molecular weight excluding hydrogens is 737 g/mol. The normalized spacial score (nSPS) is 13.8. The third-order valence-electron chi connectivity index (χ3n) is 9.42. The third kappa shape index (κ3) is 43.1. The molecule has 330 valence electrons. The average Bonchev–Trinajstić information content (AvgIpc) is 3.20. The molecule has 10 heteroatoms. The number of hydrogen-bond acceptors (Lipinski definition) is 8. The first-order valence-electron chi connectivity index (χ1n) is 22.8. The van der Waals surface area contributed by atoms with E-state index >= 15 is 0 Å². The lowest BCUT2D eigenvalue weighted by atomic mass is 10.0. The van der Waals surface area contributed by atoms with Crippen LogP contribution in [0.5, 0.6) is 0 Å². The van der Waals surface area contributed by atoms with E-state index in [9.17, 15) is 19.0 Å². The van der Waals surface area contributed by atoms with E-state index < -0.39 is 32.5 Å². The number of ether oxygens (including phenoxy) is 2. The van der Waals surface area contributed by atoms with E-state index in [2.05, 4.69) is 74.6 Å². The van der Waals surface area contributed by atoms with Gasteiger partial charge in [0.15, 0.2) is 6.10 Å². The fourth-order valence-corrected chi connectivity index (χ4v) is 6.84. The van der Waals surface area contributed by atoms with E-state index in [-0.39, 0.29) is 32.6 Å². The maximum Gasteiger partial charge on any atom is 0.472 e. The van der Waals surface area contributed by atoms with Gasteiger partial charge >= 0.3 is 19.8 Å². The Hall–Kier alpha value is -2.29. The predicted molar refractivity (Wildman–Crippen MR) is 238 cm³/mol. The summed E-state index contributed by atoms with van der Waals surface area (Å²) in [6, 6.07) is 0. The van der Waals surface area contributed by atoms with E-state index in [0.29, 0.717) is 6.42 Å². The number of carbonyl (C=O) groups is 2. The number of carbonyl (C=O) groups excluding carboxylic acids is 2. The third-order valence-corrected chi connectivity index (χ3v) is 10.4. The van der Waals surface area contributed by atoms with Crippen molar-refractivity contribution >= 4 is 19.8 Å². The van der Waals surface area contributed by atoms with Gasteiger partial charge in [-0.3, -0.25) is 18.6 Å². The first-order valence-corrected chi connectivity index (χ1v) is 24.3. The topological polar surface area (TPSA) is 134 Å². The summed E-state index contributed by atoms with van der Waals surface area (Å²) < 4.78 is 32.8. The monoisotopic (exact) mass is 822 g/mol. The minimum Gasteiger partial charge on any atom is -0.462 e. The first kappa shape index (κ1) is 54.7. The van der Waals surface area contributed by atoms with Crippen molar-refractivity contribution in [3.8, 4) is 0 Å². The molecule has 0 aliphatic rings. The highest BCUT2D eigenvalue weighted by molar-refractivity contribution is 7.47. The van der Waals surface area contributed by atoms with E-state index in [1.54, 1.807) is 0 Å². The molecule has 0 amide bonds. The second-order valence-electron chi connectivity index (χ2n) is 14.9. The maximum atomic E-state index is 12.6. The molecule has 3 N–H and O–H groups in total. The van der Waals surface area contributed by atoms with Crippen molar-refractivity contribution in [2.45, 2.75) is 200 Å². The Bertz CT molecular complexity index is 1120. The highest BCUT2D eigenvalue weighted by atomic mass is 31.2. The Morgan fingerprint density at radius 1 is 0.544 bits per heavy atom. The molecule has 0 saturated carbocycles. The van der Waals surface area contributed by atoms with Gasteiger partial charge in [-0.05, 0) is 57.8 Å². The van der Waals surface area contributed by atoms with Gasteiger partial charge < -0.3 is 20.1 Å². The molecule has 1 unspecified atom stereocenters. The van der Waals surface area contributed by atoms with E-state index in [4.69, 9.17) is 24.3 Å². The van der Waals surface area contributed by atoms with Crippen molar-refractivity contribution in [1.82, 2.24) is 0 Å². The summed E-state index contributed by atoms with van der Waals surface area (Å²) in [4.78, 5) is 34.9. The average molecular weight is 822 g/mol. The molecule has 0 radical (unpaired) electrons. The Morgan fingerprint density at radius 2 is 0.965 bits per heavy atom. The number of phosphoric acid groups is 1. The molecule has 0 aliphatic heterocycles. The Balaban J connectivity index is 4.19. The van der Waals surface area contributed by atoms with Crippen LogP contribution >= 0.6 is 7.82 Å². The number of hydrogen-bond donors (Lipinski definition) is 2. The van der Waals surface area contributed by atoms with Gasteiger partial charge in [0.1, 0.15) is 6.61 Å². The quantitative estimate of drug-likeness (QED) is 0.0267. The van der Waals surface area contributed by atoms with Crippen LogP contribution in [0.4, 0.5) is 0 Å². The van der Waals surface area contributed by atoms with Crippen LogP contribution in [0.2, 0.25) is 0 Å². The zero-order chi connectivity index (χ0) is 41.8. The molecule has 57 heavy (non-hydrogen) atoms. The second-order valence-corrected chi connectivity index (χ2v) is 16.3. The molecule has 0 saturated heterocycles. The van der Waals surface area contributed by atoms with Crippen LogP contribution in [-0.2, 0) is 32.7 Å². The van der Waals surface area contributed by atoms with Crippen molar-refractivity contribution in [1.29, 1.82) is 0 Å². The lowest BCUT2D eigenvalue weighted by molar-refractivity contribution is -0.161. The number of rotatable bonds is 42. The molecule has 9 nitrogen and oxygen atoms in total. The molecule has 0 spiro atoms. The molecule has 2 atom stereocenters. The van der Waals surface area contributed by atoms with Crippen LogP contribution in [0.15, 0.2) is 60.8 Å². The van der Waals surface area contributed by atoms with Crippen molar-refractivity contribution in [2.24, 2.45) is 5.73 Å². The summed E-state index contributed by atoms with van der Waals surface area (Å²) in [5.41, 5.74) is 5.35. The number of esters is 2. The van der Waals surface area contributed by atoms with Crippen molar-refractivity contribution in [3.63, 3.8) is 0 Å². The van der Waals surface area contributed by atoms with E-state index in [0.717, 1.165) is 70.6 Å². The predicted octanol–water partition coefficient (Wildman–Crippen LogP) is 13.3. The molecule has 0 aromatic rings. The standard InChI is InChI=1S/C47H84NO8P/c1-3-5-7-9-11-13-15-17-19-21-22-24-26-28-30-32-34-36-38-40-47(50)56-45(44-55-57(51,52)54-42-41-48)43-53-46(49)39-37-35-33-31-29-27-25-23-20-18-16-14-12-10-8-6-4-2/h5,7,11,13,17,19,22,24,28,30,45H,3-4,6,8-10,12,14-16,18,20-21,23,25-27,29,31-44,48H2,1-2H3,(H,51,52)/b7-5-,13-11-,19-17-,24-22-,30-28-/t45-/m1/s1. The zero-order valence-corrected chi connectivity index (χ0v) is 37.2. The number of allylic oxidation sites excluding steroid dienone is 10. The van der Waals surface area contributed by atoms with Gasteiger partial charge in [0.05, 0.1) is 13.2 Å². The van der Waals surface area contributed by atoms with Gasteiger partial charge in [0, 0.05) is 19.4 Å². The van der Waals surface area contributed by atoms with Crippen LogP contribution in [0.1, 0.15) is 194 Å². The second kappa shape index (κ2) is 43.3. The lowest BCUT2D eigenvalue weighted by Gasteiger charge is -2.19. The SMILES string of the molecule is CC/C=C\C/C=C\C/C=C\C/C=C\C/C=C\CCCCCC(=O)O[C@H](COC(=O)CCCCCCCCCCCCCCCCCCC)COP(=O)(O)OCCN. The van der Waals surface area contributed by atoms with Gasteiger partial charge in [-0.1, -0.05) is 184 Å². The summed E-state index contributed by atoms with van der Waals surface area (Å²) in [5, 5.41) is 0. The summed E-state index contributed by atoms with van der Waals surface area (Å²) in [6.07, 6.45) is 51.1. The summed E-state index contributed by atoms with van der Waals surface area (Å²) in [5.74, 6) is -0.864. The summed E-state index contributed by atoms with van der Waals surface area (Å²) in [6.45, 7) is 3.59. The maximum absolute atomic E-state index is 12.6. The largest absolute Gasteiger partial charge is 0.472 e. The molecule has 0 aromatic heterocycles. The summed E-state index contributed by atoms with van der Waals surface area (Å²) >= 11 is 0. The van der Waals surface area contributed by atoms with Crippen LogP contribution in [-0.4, -0.2) is 49.3 Å². The Morgan fingerprint density at radius 3 is 1.44 bits per heavy atom. The molecule has 0 rings (SSSR count). The van der Waals surface area contributed by atoms with Crippen LogP contribution in [0, 0.1) is 0 Å². The van der Waals surface area contributed by atoms with Crippen LogP contribution in [0.3, 0.4) is 0 Å². The highest BCUT2D eigenvalue weighted by Crippen LogP contribution is 2.43. The minimum absolute atomic E-state index is 0.0460. The fourth-order valence-electron chi connectivity index (χ4n) is 6.07. The van der Waals surface area contributed by atoms with Crippen LogP contribution < -0.4 is 5.73 Å². The Kier molecular flexibility index (Phi) is 41.6. The van der Waals surface area contributed by atoms with Gasteiger partial charge in [-0.15, -0.1) is 0 Å². The van der Waals surface area contributed by atoms with Gasteiger partial charge in [0.25, 0.3) is 0 Å². The molecule has 0 heterocycles. The minimum atomic E-state index is -4.39. The van der Waals surface area contributed by atoms with E-state index in [1.165, 1.54) is 89.9 Å². The van der Waals surface area contributed by atoms with E-state index in [1.807, 2.05) is 0 Å². The van der Waals surface area contributed by atoms with Gasteiger partial charge in [-0.2, -0.15) is 0 Å². The fraction of sp³-hybridized carbons (Fsp3) is 0.745. The number of nitrogens with two attached hydrogens (primary N) is 1. The highest BCUT2D eigenvalue weighted by Gasteiger charge is 2.26. The molecule has 0 aromatic carbocycles. The summed E-state index contributed by atoms with van der Waals surface area (Å²) in [7, 11) is -4.39. The first-order chi connectivity index (χ1) is 27.8. The van der Waals surface area contributed by atoms with Gasteiger partial charge in [-0.25, -0.2) is 4.57 Å². The van der Waals surface area contributed by atoms with Crippen molar-refractivity contribution in [3.05, 3.63) is 60.8 Å². The van der Waals surface area contributed by atoms with Crippen LogP contribution in [0.25, 0.3) is 0 Å². The number of unbranched alkanes of at least 4 members (excludes halogenated alkanes) is 19. The Labute approximate surface area is 349 Å². The zero-order valence-electron chi connectivity index (χ0n) is 36.3. The van der Waals surface area contributed by atoms with Crippen molar-refractivity contribution in [2.75, 3.05) is 26.4 Å². The molecule has 0 fully saturated rings. The molecule has 0 bridgehead atoms. The van der Waals surface area contributed by atoms with Gasteiger partial charge in [0.2, 0.25) is 0 Å². The number of phosphoric ester groups is 1. The smallest absolute Gasteiger partial charge is 0.462 e. The molecule has 0 aliphatic carbocycles. The lowest BCUT2D eigenvalue weighted by Crippen LogP contribution is -2.29. The van der Waals surface area contributed by atoms with Crippen molar-refractivity contribution < 1.29 is 37.6 Å².